The van der Waals surface area contributed by atoms with Crippen LogP contribution in [0.4, 0.5) is 23.1 Å². The molecule has 0 saturated carbocycles. The average Bonchev–Trinajstić information content (AvgIpc) is 2.70. The fraction of sp³-hybridized carbons (Fsp3) is 0.227. The molecule has 2 aromatic carbocycles. The number of hydrogen-bond acceptors (Lipinski definition) is 6. The Morgan fingerprint density at radius 1 is 1.00 bits per heavy atom. The van der Waals surface area contributed by atoms with Crippen LogP contribution in [0.2, 0.25) is 0 Å². The van der Waals surface area contributed by atoms with Crippen molar-refractivity contribution in [1.29, 1.82) is 0 Å². The Kier molecular flexibility index (Phi) is 6.63. The Hall–Kier alpha value is -3.61. The fourth-order valence-electron chi connectivity index (χ4n) is 2.79. The van der Waals surface area contributed by atoms with Crippen molar-refractivity contribution in [3.63, 3.8) is 0 Å². The summed E-state index contributed by atoms with van der Waals surface area (Å²) in [4.78, 5) is 21.0. The first-order valence-corrected chi connectivity index (χ1v) is 9.45. The van der Waals surface area contributed by atoms with Crippen LogP contribution < -0.4 is 20.7 Å². The molecule has 0 radical (unpaired) electrons. The topological polar surface area (TPSA) is 88.2 Å². The highest BCUT2D eigenvalue weighted by molar-refractivity contribution is 5.92. The van der Waals surface area contributed by atoms with Crippen LogP contribution in [0.1, 0.15) is 18.2 Å². The average molecular weight is 391 g/mol. The molecule has 29 heavy (non-hydrogen) atoms. The highest BCUT2D eigenvalue weighted by Crippen LogP contribution is 2.19. The summed E-state index contributed by atoms with van der Waals surface area (Å²) in [5.74, 6) is 2.01. The Balaban J connectivity index is 1.59. The molecule has 3 rings (SSSR count). The monoisotopic (exact) mass is 391 g/mol. The van der Waals surface area contributed by atoms with Gasteiger partial charge in [-0.25, -0.2) is 4.98 Å². The Morgan fingerprint density at radius 2 is 1.69 bits per heavy atom. The number of amides is 1. The van der Waals surface area contributed by atoms with Gasteiger partial charge in [-0.3, -0.25) is 4.79 Å². The van der Waals surface area contributed by atoms with E-state index in [1.807, 2.05) is 68.4 Å². The van der Waals surface area contributed by atoms with Crippen molar-refractivity contribution < 1.29 is 9.53 Å². The smallest absolute Gasteiger partial charge is 0.228 e. The van der Waals surface area contributed by atoms with Gasteiger partial charge in [-0.15, -0.1) is 0 Å². The number of ether oxygens (including phenoxy) is 1. The molecule has 3 aromatic rings. The minimum atomic E-state index is -0.0717. The zero-order valence-corrected chi connectivity index (χ0v) is 16.8. The molecule has 0 spiro atoms. The second-order valence-electron chi connectivity index (χ2n) is 6.52. The summed E-state index contributed by atoms with van der Waals surface area (Å²) in [6, 6.07) is 16.8. The maximum atomic E-state index is 12.3. The van der Waals surface area contributed by atoms with Gasteiger partial charge in [-0.2, -0.15) is 4.98 Å². The SMILES string of the molecule is CCNc1nc(C)cc(Nc2ccc(NC(=O)Cc3ccc(OC)cc3)cc2)n1. The van der Waals surface area contributed by atoms with E-state index in [-0.39, 0.29) is 5.91 Å². The third kappa shape index (κ3) is 5.93. The fourth-order valence-corrected chi connectivity index (χ4v) is 2.79. The van der Waals surface area contributed by atoms with E-state index in [0.717, 1.165) is 34.9 Å². The highest BCUT2D eigenvalue weighted by Gasteiger charge is 2.06. The maximum absolute atomic E-state index is 12.3. The van der Waals surface area contributed by atoms with Gasteiger partial charge in [0.25, 0.3) is 0 Å². The molecular formula is C22H25N5O2. The number of aromatic nitrogens is 2. The highest BCUT2D eigenvalue weighted by atomic mass is 16.5. The van der Waals surface area contributed by atoms with Crippen molar-refractivity contribution in [3.05, 3.63) is 65.9 Å². The van der Waals surface area contributed by atoms with Crippen LogP contribution >= 0.6 is 0 Å². The lowest BCUT2D eigenvalue weighted by atomic mass is 10.1. The van der Waals surface area contributed by atoms with E-state index in [1.54, 1.807) is 7.11 Å². The second kappa shape index (κ2) is 9.54. The largest absolute Gasteiger partial charge is 0.497 e. The van der Waals surface area contributed by atoms with Gasteiger partial charge in [0.15, 0.2) is 0 Å². The van der Waals surface area contributed by atoms with Gasteiger partial charge in [0.2, 0.25) is 11.9 Å². The number of nitrogens with zero attached hydrogens (tertiary/aromatic N) is 2. The number of aryl methyl sites for hydroxylation is 1. The van der Waals surface area contributed by atoms with Crippen LogP contribution in [0.3, 0.4) is 0 Å². The van der Waals surface area contributed by atoms with E-state index in [4.69, 9.17) is 4.74 Å². The Morgan fingerprint density at radius 3 is 2.34 bits per heavy atom. The minimum absolute atomic E-state index is 0.0717. The van der Waals surface area contributed by atoms with E-state index in [1.165, 1.54) is 0 Å². The molecule has 0 unspecified atom stereocenters. The predicted molar refractivity (Wildman–Crippen MR) is 116 cm³/mol. The molecule has 7 nitrogen and oxygen atoms in total. The molecule has 1 amide bonds. The standard InChI is InChI=1S/C22H25N5O2/c1-4-23-22-24-15(2)13-20(27-22)25-17-7-9-18(10-8-17)26-21(28)14-16-5-11-19(29-3)12-6-16/h5-13H,4,14H2,1-3H3,(H,26,28)(H2,23,24,25,27). The summed E-state index contributed by atoms with van der Waals surface area (Å²) in [5, 5.41) is 9.29. The Labute approximate surface area is 170 Å². The lowest BCUT2D eigenvalue weighted by Gasteiger charge is -2.10. The van der Waals surface area contributed by atoms with Crippen LogP contribution in [0.15, 0.2) is 54.6 Å². The summed E-state index contributed by atoms with van der Waals surface area (Å²) >= 11 is 0. The van der Waals surface area contributed by atoms with Crippen molar-refractivity contribution >= 4 is 29.0 Å². The maximum Gasteiger partial charge on any atom is 0.228 e. The number of carbonyl (C=O) groups is 1. The van der Waals surface area contributed by atoms with Gasteiger partial charge in [0.1, 0.15) is 11.6 Å². The van der Waals surface area contributed by atoms with Gasteiger partial charge in [-0.1, -0.05) is 12.1 Å². The van der Waals surface area contributed by atoms with Crippen molar-refractivity contribution in [2.45, 2.75) is 20.3 Å². The lowest BCUT2D eigenvalue weighted by molar-refractivity contribution is -0.115. The summed E-state index contributed by atoms with van der Waals surface area (Å²) in [6.45, 7) is 4.68. The summed E-state index contributed by atoms with van der Waals surface area (Å²) < 4.78 is 5.13. The number of methoxy groups -OCH3 is 1. The molecule has 0 aliphatic rings. The second-order valence-corrected chi connectivity index (χ2v) is 6.52. The third-order valence-corrected chi connectivity index (χ3v) is 4.15. The minimum Gasteiger partial charge on any atom is -0.497 e. The number of rotatable bonds is 8. The summed E-state index contributed by atoms with van der Waals surface area (Å²) in [5.41, 5.74) is 3.41. The Bertz CT molecular complexity index is 956. The summed E-state index contributed by atoms with van der Waals surface area (Å²) in [7, 11) is 1.62. The zero-order valence-electron chi connectivity index (χ0n) is 16.8. The van der Waals surface area contributed by atoms with E-state index in [9.17, 15) is 4.79 Å². The molecule has 0 aliphatic heterocycles. The third-order valence-electron chi connectivity index (χ3n) is 4.15. The molecule has 0 saturated heterocycles. The van der Waals surface area contributed by atoms with Crippen LogP contribution in [0.25, 0.3) is 0 Å². The van der Waals surface area contributed by atoms with E-state index >= 15 is 0 Å². The van der Waals surface area contributed by atoms with Crippen molar-refractivity contribution in [1.82, 2.24) is 9.97 Å². The van der Waals surface area contributed by atoms with Gasteiger partial charge >= 0.3 is 0 Å². The first kappa shape index (κ1) is 20.1. The lowest BCUT2D eigenvalue weighted by Crippen LogP contribution is -2.14. The molecule has 150 valence electrons. The first-order chi connectivity index (χ1) is 14.1. The number of hydrogen-bond donors (Lipinski definition) is 3. The van der Waals surface area contributed by atoms with Crippen molar-refractivity contribution in [3.8, 4) is 5.75 Å². The van der Waals surface area contributed by atoms with Crippen molar-refractivity contribution in [2.75, 3.05) is 29.6 Å². The normalized spacial score (nSPS) is 10.3. The molecule has 0 aliphatic carbocycles. The van der Waals surface area contributed by atoms with Crippen LogP contribution in [-0.2, 0) is 11.2 Å². The van der Waals surface area contributed by atoms with Gasteiger partial charge in [-0.05, 0) is 55.8 Å². The number of carbonyl (C=O) groups excluding carboxylic acids is 1. The number of benzene rings is 2. The zero-order chi connectivity index (χ0) is 20.6. The van der Waals surface area contributed by atoms with E-state index in [2.05, 4.69) is 25.9 Å². The predicted octanol–water partition coefficient (Wildman–Crippen LogP) is 4.15. The molecule has 0 atom stereocenters. The van der Waals surface area contributed by atoms with Crippen LogP contribution in [-0.4, -0.2) is 29.5 Å². The number of nitrogens with one attached hydrogen (secondary N) is 3. The molecule has 7 heteroatoms. The van der Waals surface area contributed by atoms with E-state index < -0.39 is 0 Å². The molecule has 0 fully saturated rings. The number of anilines is 4. The van der Waals surface area contributed by atoms with Crippen LogP contribution in [0, 0.1) is 6.92 Å². The molecule has 3 N–H and O–H groups in total. The van der Waals surface area contributed by atoms with Crippen LogP contribution in [0.5, 0.6) is 5.75 Å². The molecule has 1 aromatic heterocycles. The molecule has 1 heterocycles. The first-order valence-electron chi connectivity index (χ1n) is 9.45. The molecule has 0 bridgehead atoms. The van der Waals surface area contributed by atoms with Gasteiger partial charge in [0, 0.05) is 29.7 Å². The van der Waals surface area contributed by atoms with Crippen molar-refractivity contribution in [2.24, 2.45) is 0 Å². The molecular weight excluding hydrogens is 366 g/mol. The van der Waals surface area contributed by atoms with E-state index in [0.29, 0.717) is 18.2 Å². The van der Waals surface area contributed by atoms with Gasteiger partial charge in [0.05, 0.1) is 13.5 Å². The van der Waals surface area contributed by atoms with Gasteiger partial charge < -0.3 is 20.7 Å². The quantitative estimate of drug-likeness (QED) is 0.535. The summed E-state index contributed by atoms with van der Waals surface area (Å²) in [6.07, 6.45) is 0.303.